The van der Waals surface area contributed by atoms with Crippen molar-refractivity contribution < 1.29 is 9.53 Å². The molecule has 0 bridgehead atoms. The molecule has 1 aromatic carbocycles. The highest BCUT2D eigenvalue weighted by Gasteiger charge is 2.38. The molecule has 1 saturated heterocycles. The van der Waals surface area contributed by atoms with Gasteiger partial charge in [-0.05, 0) is 52.1 Å². The van der Waals surface area contributed by atoms with Gasteiger partial charge in [0.25, 0.3) is 0 Å². The summed E-state index contributed by atoms with van der Waals surface area (Å²) in [5.41, 5.74) is 1.31. The average Bonchev–Trinajstić information content (AvgIpc) is 3.05. The van der Waals surface area contributed by atoms with Crippen molar-refractivity contribution in [2.24, 2.45) is 5.92 Å². The lowest BCUT2D eigenvalue weighted by molar-refractivity contribution is -0.150. The molecule has 0 spiro atoms. The Morgan fingerprint density at radius 1 is 1.39 bits per heavy atom. The maximum atomic E-state index is 12.5. The third kappa shape index (κ3) is 4.44. The molecule has 0 unspecified atom stereocenters. The summed E-state index contributed by atoms with van der Waals surface area (Å²) in [5.74, 6) is -0.123. The number of allylic oxidation sites excluding steroid dienone is 2. The van der Waals surface area contributed by atoms with E-state index in [1.165, 1.54) is 5.56 Å². The van der Waals surface area contributed by atoms with Crippen LogP contribution in [-0.2, 0) is 9.53 Å². The van der Waals surface area contributed by atoms with E-state index in [4.69, 9.17) is 4.74 Å². The first-order valence-electron chi connectivity index (χ1n) is 8.77. The van der Waals surface area contributed by atoms with Crippen LogP contribution >= 0.6 is 0 Å². The van der Waals surface area contributed by atoms with Crippen molar-refractivity contribution in [3.05, 3.63) is 48.0 Å². The summed E-state index contributed by atoms with van der Waals surface area (Å²) in [6, 6.07) is 11.1. The van der Waals surface area contributed by atoms with Gasteiger partial charge < -0.3 is 4.74 Å². The van der Waals surface area contributed by atoms with Crippen LogP contribution in [0.2, 0.25) is 0 Å². The van der Waals surface area contributed by atoms with E-state index in [0.717, 1.165) is 25.8 Å². The van der Waals surface area contributed by atoms with Crippen molar-refractivity contribution in [3.8, 4) is 0 Å². The van der Waals surface area contributed by atoms with Crippen molar-refractivity contribution in [1.29, 1.82) is 0 Å². The molecule has 1 aliphatic heterocycles. The Bertz CT molecular complexity index is 512. The van der Waals surface area contributed by atoms with Crippen LogP contribution in [0.5, 0.6) is 0 Å². The predicted molar refractivity (Wildman–Crippen MR) is 94.1 cm³/mol. The molecule has 126 valence electrons. The van der Waals surface area contributed by atoms with E-state index in [1.807, 2.05) is 26.0 Å². The smallest absolute Gasteiger partial charge is 0.310 e. The van der Waals surface area contributed by atoms with Gasteiger partial charge in [-0.15, -0.1) is 0 Å². The third-order valence-corrected chi connectivity index (χ3v) is 4.80. The summed E-state index contributed by atoms with van der Waals surface area (Å²) in [5, 5.41) is 0. The Morgan fingerprint density at radius 3 is 2.78 bits per heavy atom. The molecule has 3 atom stereocenters. The van der Waals surface area contributed by atoms with Crippen molar-refractivity contribution in [3.63, 3.8) is 0 Å². The van der Waals surface area contributed by atoms with Gasteiger partial charge in [0.15, 0.2) is 0 Å². The standard InChI is InChI=1S/C20H29NO2/c1-4-6-13-18(20(22)23-5-2)19-14-10-15-21(19)16(3)17-11-8-7-9-12-17/h4,6-9,11-12,16,18-19H,5,10,13-15H2,1-3H3/b6-4-/t16-,18+,19+/m0/s1. The number of benzene rings is 1. The van der Waals surface area contributed by atoms with Gasteiger partial charge in [0.05, 0.1) is 12.5 Å². The maximum absolute atomic E-state index is 12.5. The fourth-order valence-electron chi connectivity index (χ4n) is 3.59. The van der Waals surface area contributed by atoms with Crippen LogP contribution < -0.4 is 0 Å². The van der Waals surface area contributed by atoms with Gasteiger partial charge in [0, 0.05) is 12.1 Å². The van der Waals surface area contributed by atoms with Crippen LogP contribution in [0.1, 0.15) is 51.6 Å². The van der Waals surface area contributed by atoms with E-state index >= 15 is 0 Å². The number of hydrogen-bond donors (Lipinski definition) is 0. The Labute approximate surface area is 140 Å². The normalized spacial score (nSPS) is 21.4. The number of esters is 1. The molecule has 23 heavy (non-hydrogen) atoms. The Kier molecular flexibility index (Phi) is 6.85. The summed E-state index contributed by atoms with van der Waals surface area (Å²) >= 11 is 0. The molecule has 0 aromatic heterocycles. The predicted octanol–water partition coefficient (Wildman–Crippen LogP) is 4.36. The van der Waals surface area contributed by atoms with E-state index in [2.05, 4.69) is 42.2 Å². The zero-order valence-corrected chi connectivity index (χ0v) is 14.6. The first-order chi connectivity index (χ1) is 11.2. The van der Waals surface area contributed by atoms with E-state index in [1.54, 1.807) is 0 Å². The minimum atomic E-state index is -0.0696. The van der Waals surface area contributed by atoms with Gasteiger partial charge in [-0.2, -0.15) is 0 Å². The van der Waals surface area contributed by atoms with Gasteiger partial charge >= 0.3 is 5.97 Å². The second-order valence-electron chi connectivity index (χ2n) is 6.20. The highest BCUT2D eigenvalue weighted by atomic mass is 16.5. The Morgan fingerprint density at radius 2 is 2.13 bits per heavy atom. The molecule has 2 rings (SSSR count). The molecule has 3 nitrogen and oxygen atoms in total. The highest BCUT2D eigenvalue weighted by molar-refractivity contribution is 5.73. The van der Waals surface area contributed by atoms with Crippen LogP contribution in [0.15, 0.2) is 42.5 Å². The molecular formula is C20H29NO2. The first kappa shape index (κ1) is 17.7. The van der Waals surface area contributed by atoms with Gasteiger partial charge in [0.1, 0.15) is 0 Å². The Hall–Kier alpha value is -1.61. The fraction of sp³-hybridized carbons (Fsp3) is 0.550. The second kappa shape index (κ2) is 8.88. The third-order valence-electron chi connectivity index (χ3n) is 4.80. The molecule has 0 saturated carbocycles. The molecule has 1 aliphatic rings. The van der Waals surface area contributed by atoms with E-state index in [0.29, 0.717) is 12.6 Å². The topological polar surface area (TPSA) is 29.5 Å². The second-order valence-corrected chi connectivity index (χ2v) is 6.20. The fourth-order valence-corrected chi connectivity index (χ4v) is 3.59. The lowest BCUT2D eigenvalue weighted by Crippen LogP contribution is -2.41. The molecule has 1 fully saturated rings. The largest absolute Gasteiger partial charge is 0.466 e. The molecule has 1 heterocycles. The minimum absolute atomic E-state index is 0.0530. The summed E-state index contributed by atoms with van der Waals surface area (Å²) in [6.07, 6.45) is 7.08. The summed E-state index contributed by atoms with van der Waals surface area (Å²) in [4.78, 5) is 14.9. The molecule has 3 heteroatoms. The lowest BCUT2D eigenvalue weighted by Gasteiger charge is -2.34. The molecule has 0 aliphatic carbocycles. The number of carbonyl (C=O) groups is 1. The highest BCUT2D eigenvalue weighted by Crippen LogP contribution is 2.34. The first-order valence-corrected chi connectivity index (χ1v) is 8.77. The molecule has 0 amide bonds. The number of likely N-dealkylation sites (tertiary alicyclic amines) is 1. The van der Waals surface area contributed by atoms with Crippen LogP contribution in [-0.4, -0.2) is 30.1 Å². The zero-order valence-electron chi connectivity index (χ0n) is 14.6. The van der Waals surface area contributed by atoms with Gasteiger partial charge in [-0.3, -0.25) is 9.69 Å². The quantitative estimate of drug-likeness (QED) is 0.553. The van der Waals surface area contributed by atoms with Crippen molar-refractivity contribution in [1.82, 2.24) is 4.90 Å². The van der Waals surface area contributed by atoms with Crippen molar-refractivity contribution >= 4 is 5.97 Å². The SMILES string of the molecule is C/C=C\C[C@@H](C(=O)OCC)[C@H]1CCCN1[C@@H](C)c1ccccc1. The number of rotatable bonds is 7. The number of nitrogens with zero attached hydrogens (tertiary/aromatic N) is 1. The Balaban J connectivity index is 2.18. The summed E-state index contributed by atoms with van der Waals surface area (Å²) in [6.45, 7) is 7.62. The van der Waals surface area contributed by atoms with E-state index in [-0.39, 0.29) is 17.9 Å². The van der Waals surface area contributed by atoms with Gasteiger partial charge in [-0.1, -0.05) is 42.5 Å². The summed E-state index contributed by atoms with van der Waals surface area (Å²) < 4.78 is 5.35. The molecule has 1 aromatic rings. The van der Waals surface area contributed by atoms with Crippen molar-refractivity contribution in [2.75, 3.05) is 13.2 Å². The van der Waals surface area contributed by atoms with Gasteiger partial charge in [-0.25, -0.2) is 0 Å². The van der Waals surface area contributed by atoms with Crippen LogP contribution in [0, 0.1) is 5.92 Å². The van der Waals surface area contributed by atoms with E-state index in [9.17, 15) is 4.79 Å². The zero-order chi connectivity index (χ0) is 16.7. The number of ether oxygens (including phenoxy) is 1. The van der Waals surface area contributed by atoms with Crippen LogP contribution in [0.4, 0.5) is 0 Å². The molecule has 0 N–H and O–H groups in total. The molecular weight excluding hydrogens is 286 g/mol. The number of hydrogen-bond acceptors (Lipinski definition) is 3. The van der Waals surface area contributed by atoms with Crippen molar-refractivity contribution in [2.45, 2.75) is 52.1 Å². The van der Waals surface area contributed by atoms with Crippen LogP contribution in [0.25, 0.3) is 0 Å². The monoisotopic (exact) mass is 315 g/mol. The lowest BCUT2D eigenvalue weighted by atomic mass is 9.92. The van der Waals surface area contributed by atoms with E-state index < -0.39 is 0 Å². The van der Waals surface area contributed by atoms with Crippen LogP contribution in [0.3, 0.4) is 0 Å². The maximum Gasteiger partial charge on any atom is 0.310 e. The average molecular weight is 315 g/mol. The summed E-state index contributed by atoms with van der Waals surface area (Å²) in [7, 11) is 0. The minimum Gasteiger partial charge on any atom is -0.466 e. The number of carbonyl (C=O) groups excluding carboxylic acids is 1. The molecule has 0 radical (unpaired) electrons. The van der Waals surface area contributed by atoms with Gasteiger partial charge in [0.2, 0.25) is 0 Å².